The summed E-state index contributed by atoms with van der Waals surface area (Å²) < 4.78 is 8.74. The molecule has 0 amide bonds. The van der Waals surface area contributed by atoms with Crippen molar-refractivity contribution < 1.29 is 34.4 Å². The molecule has 0 aliphatic carbocycles. The van der Waals surface area contributed by atoms with Crippen molar-refractivity contribution in [1.82, 2.24) is 0 Å². The van der Waals surface area contributed by atoms with Gasteiger partial charge in [-0.3, -0.25) is 0 Å². The van der Waals surface area contributed by atoms with Gasteiger partial charge in [0, 0.05) is 12.2 Å². The van der Waals surface area contributed by atoms with E-state index in [1.54, 1.807) is 0 Å². The highest BCUT2D eigenvalue weighted by atomic mass is 16.5. The van der Waals surface area contributed by atoms with Gasteiger partial charge >= 0.3 is 11.9 Å². The van der Waals surface area contributed by atoms with Crippen molar-refractivity contribution in [2.24, 2.45) is 0 Å². The summed E-state index contributed by atoms with van der Waals surface area (Å²) in [4.78, 5) is 19.9. The van der Waals surface area contributed by atoms with E-state index >= 15 is 0 Å². The van der Waals surface area contributed by atoms with Crippen LogP contribution in [0.1, 0.15) is 0 Å². The lowest BCUT2D eigenvalue weighted by Gasteiger charge is -1.94. The smallest absolute Gasteiger partial charge is 0.330 e. The summed E-state index contributed by atoms with van der Waals surface area (Å²) in [5.74, 6) is -1.84. The summed E-state index contributed by atoms with van der Waals surface area (Å²) in [6, 6.07) is 0. The summed E-state index contributed by atoms with van der Waals surface area (Å²) in [5, 5.41) is 24.1. The van der Waals surface area contributed by atoms with Gasteiger partial charge in [0.1, 0.15) is 0 Å². The zero-order valence-electron chi connectivity index (χ0n) is 8.96. The van der Waals surface area contributed by atoms with Gasteiger partial charge in [-0.2, -0.15) is 0 Å². The number of carbonyl (C=O) groups is 2. The normalized spacial score (nSPS) is 9.44. The molecule has 0 rings (SSSR count). The first-order chi connectivity index (χ1) is 7.58. The highest BCUT2D eigenvalue weighted by molar-refractivity contribution is 5.90. The largest absolute Gasteiger partial charge is 0.478 e. The average Bonchev–Trinajstić information content (AvgIpc) is 2.27. The summed E-state index contributed by atoms with van der Waals surface area (Å²) >= 11 is 0. The minimum absolute atomic E-state index is 0.0278. The summed E-state index contributed by atoms with van der Waals surface area (Å²) in [6.07, 6.45) is 1.55. The molecule has 0 spiro atoms. The number of hydrogen-bond donors (Lipinski definition) is 3. The number of carboxylic acid groups (broad SMARTS) is 1. The van der Waals surface area contributed by atoms with Gasteiger partial charge in [0.15, 0.2) is 0 Å². The Hall–Kier alpha value is -1.44. The maximum absolute atomic E-state index is 10.1. The van der Waals surface area contributed by atoms with Crippen molar-refractivity contribution in [2.45, 2.75) is 0 Å². The Morgan fingerprint density at radius 1 is 1.12 bits per heavy atom. The zero-order chi connectivity index (χ0) is 12.8. The van der Waals surface area contributed by atoms with Crippen molar-refractivity contribution in [2.75, 3.05) is 33.5 Å². The molecule has 94 valence electrons. The van der Waals surface area contributed by atoms with Crippen molar-refractivity contribution in [3.63, 3.8) is 0 Å². The van der Waals surface area contributed by atoms with Crippen LogP contribution in [0.3, 0.4) is 0 Å². The van der Waals surface area contributed by atoms with Crippen LogP contribution in [0.2, 0.25) is 0 Å². The Balaban J connectivity index is 0. The van der Waals surface area contributed by atoms with Crippen LogP contribution in [0, 0.1) is 0 Å². The predicted octanol–water partition coefficient (Wildman–Crippen LogP) is -1.21. The lowest BCUT2D eigenvalue weighted by molar-refractivity contribution is -0.136. The second-order valence-electron chi connectivity index (χ2n) is 2.25. The number of methoxy groups -OCH3 is 1. The number of aliphatic carboxylic acids is 1. The Morgan fingerprint density at radius 3 is 1.94 bits per heavy atom. The minimum atomic E-state index is -1.17. The molecule has 0 aromatic heterocycles. The fraction of sp³-hybridized carbons (Fsp3) is 0.556. The summed E-state index contributed by atoms with van der Waals surface area (Å²) in [6.45, 7) is 0.696. The molecule has 0 aromatic rings. The van der Waals surface area contributed by atoms with E-state index < -0.39 is 11.9 Å². The van der Waals surface area contributed by atoms with Crippen LogP contribution in [0.4, 0.5) is 0 Å². The molecule has 0 heterocycles. The average molecular weight is 236 g/mol. The number of esters is 1. The Morgan fingerprint density at radius 2 is 1.62 bits per heavy atom. The molecular weight excluding hydrogens is 220 g/mol. The number of ether oxygens (including phenoxy) is 2. The maximum atomic E-state index is 10.1. The first-order valence-corrected chi connectivity index (χ1v) is 4.36. The highest BCUT2D eigenvalue weighted by Crippen LogP contribution is 1.76. The summed E-state index contributed by atoms with van der Waals surface area (Å²) in [7, 11) is 1.18. The third-order valence-electron chi connectivity index (χ3n) is 1.03. The molecule has 7 nitrogen and oxygen atoms in total. The second-order valence-corrected chi connectivity index (χ2v) is 2.25. The standard InChI is InChI=1S/C5H6O4.C4H10O3/c1-9-5(8)3-2-4(6)7;5-1-3-7-4-2-6/h2-3H,1H3,(H,6,7);5-6H,1-4H2/b3-2+;. The molecule has 0 radical (unpaired) electrons. The van der Waals surface area contributed by atoms with E-state index in [1.807, 2.05) is 0 Å². The first kappa shape index (κ1) is 17.0. The van der Waals surface area contributed by atoms with Gasteiger partial charge in [0.05, 0.1) is 33.5 Å². The van der Waals surface area contributed by atoms with Gasteiger partial charge < -0.3 is 24.8 Å². The van der Waals surface area contributed by atoms with Gasteiger partial charge in [0.25, 0.3) is 0 Å². The molecule has 3 N–H and O–H groups in total. The van der Waals surface area contributed by atoms with E-state index in [4.69, 9.17) is 15.3 Å². The van der Waals surface area contributed by atoms with Gasteiger partial charge in [-0.15, -0.1) is 0 Å². The number of carboxylic acids is 1. The zero-order valence-corrected chi connectivity index (χ0v) is 8.96. The number of hydrogen-bond acceptors (Lipinski definition) is 6. The molecule has 0 saturated heterocycles. The van der Waals surface area contributed by atoms with Crippen molar-refractivity contribution in [3.8, 4) is 0 Å². The third-order valence-corrected chi connectivity index (χ3v) is 1.03. The van der Waals surface area contributed by atoms with E-state index in [1.165, 1.54) is 7.11 Å². The molecular formula is C9H16O7. The SMILES string of the molecule is COC(=O)/C=C/C(=O)O.OCCOCCO. The van der Waals surface area contributed by atoms with Crippen molar-refractivity contribution in [1.29, 1.82) is 0 Å². The highest BCUT2D eigenvalue weighted by Gasteiger charge is 1.91. The molecule has 7 heteroatoms. The molecule has 0 saturated carbocycles. The second kappa shape index (κ2) is 13.6. The van der Waals surface area contributed by atoms with Crippen LogP contribution in [-0.2, 0) is 19.1 Å². The molecule has 0 aliphatic rings. The Kier molecular flexibility index (Phi) is 14.4. The lowest BCUT2D eigenvalue weighted by Crippen LogP contribution is -2.03. The molecule has 0 aromatic carbocycles. The van der Waals surface area contributed by atoms with Crippen molar-refractivity contribution >= 4 is 11.9 Å². The monoisotopic (exact) mass is 236 g/mol. The molecule has 0 unspecified atom stereocenters. The van der Waals surface area contributed by atoms with Crippen molar-refractivity contribution in [3.05, 3.63) is 12.2 Å². The summed E-state index contributed by atoms with van der Waals surface area (Å²) in [5.41, 5.74) is 0. The fourth-order valence-electron chi connectivity index (χ4n) is 0.439. The maximum Gasteiger partial charge on any atom is 0.330 e. The molecule has 0 bridgehead atoms. The topological polar surface area (TPSA) is 113 Å². The Bertz CT molecular complexity index is 208. The van der Waals surface area contributed by atoms with Crippen LogP contribution >= 0.6 is 0 Å². The number of aliphatic hydroxyl groups is 2. The van der Waals surface area contributed by atoms with Gasteiger partial charge in [-0.05, 0) is 0 Å². The van der Waals surface area contributed by atoms with E-state index in [-0.39, 0.29) is 13.2 Å². The molecule has 0 aliphatic heterocycles. The van der Waals surface area contributed by atoms with Gasteiger partial charge in [-0.25, -0.2) is 9.59 Å². The molecule has 0 atom stereocenters. The molecule has 16 heavy (non-hydrogen) atoms. The first-order valence-electron chi connectivity index (χ1n) is 4.36. The Labute approximate surface area is 92.9 Å². The third kappa shape index (κ3) is 18.4. The van der Waals surface area contributed by atoms with Crippen LogP contribution in [0.15, 0.2) is 12.2 Å². The van der Waals surface area contributed by atoms with E-state index in [9.17, 15) is 9.59 Å². The number of aliphatic hydroxyl groups excluding tert-OH is 2. The molecule has 0 fully saturated rings. The van der Waals surface area contributed by atoms with Crippen LogP contribution in [0.25, 0.3) is 0 Å². The van der Waals surface area contributed by atoms with E-state index in [2.05, 4.69) is 9.47 Å². The predicted molar refractivity (Wildman–Crippen MR) is 53.8 cm³/mol. The fourth-order valence-corrected chi connectivity index (χ4v) is 0.439. The van der Waals surface area contributed by atoms with E-state index in [0.29, 0.717) is 19.3 Å². The van der Waals surface area contributed by atoms with Crippen LogP contribution in [-0.4, -0.2) is 60.8 Å². The van der Waals surface area contributed by atoms with Crippen LogP contribution < -0.4 is 0 Å². The number of rotatable bonds is 6. The lowest BCUT2D eigenvalue weighted by atomic mass is 10.5. The van der Waals surface area contributed by atoms with E-state index in [0.717, 1.165) is 6.08 Å². The van der Waals surface area contributed by atoms with Gasteiger partial charge in [-0.1, -0.05) is 0 Å². The van der Waals surface area contributed by atoms with Gasteiger partial charge in [0.2, 0.25) is 0 Å². The minimum Gasteiger partial charge on any atom is -0.478 e. The van der Waals surface area contributed by atoms with Crippen LogP contribution in [0.5, 0.6) is 0 Å². The quantitative estimate of drug-likeness (QED) is 0.301. The number of carbonyl (C=O) groups excluding carboxylic acids is 1.